The standard InChI is InChI=1S/C31H39N7O2Si/c1-21(18-40-41(5,6)31(2,3)4)38-20-33-35-29(38)26-8-7-9-28(34-26)37-15-14-22-12-13-24(16-25(22)30(37)39)36-17-27(32-19-36)23-10-11-23/h7-9,12-13,16-17,19-21,23H,10-11,14-15,18H2,1-6H3. The molecule has 3 aromatic heterocycles. The molecule has 41 heavy (non-hydrogen) atoms. The molecule has 4 aromatic rings. The number of anilines is 1. The Morgan fingerprint density at radius 1 is 1.12 bits per heavy atom. The van der Waals surface area contributed by atoms with Crippen LogP contribution in [0.3, 0.4) is 0 Å². The van der Waals surface area contributed by atoms with Crippen LogP contribution in [0.25, 0.3) is 17.2 Å². The first-order valence-electron chi connectivity index (χ1n) is 14.5. The Balaban J connectivity index is 1.22. The predicted molar refractivity (Wildman–Crippen MR) is 162 cm³/mol. The van der Waals surface area contributed by atoms with Gasteiger partial charge >= 0.3 is 0 Å². The highest BCUT2D eigenvalue weighted by Gasteiger charge is 2.37. The van der Waals surface area contributed by atoms with Gasteiger partial charge in [-0.3, -0.25) is 9.69 Å². The highest BCUT2D eigenvalue weighted by Crippen LogP contribution is 2.39. The summed E-state index contributed by atoms with van der Waals surface area (Å²) in [6.45, 7) is 14.5. The molecule has 0 spiro atoms. The molecule has 0 saturated heterocycles. The average molecular weight is 570 g/mol. The Morgan fingerprint density at radius 2 is 1.93 bits per heavy atom. The summed E-state index contributed by atoms with van der Waals surface area (Å²) in [4.78, 5) is 25.0. The van der Waals surface area contributed by atoms with Crippen molar-refractivity contribution < 1.29 is 9.22 Å². The number of carbonyl (C=O) groups is 1. The van der Waals surface area contributed by atoms with Crippen LogP contribution < -0.4 is 4.90 Å². The number of hydrogen-bond acceptors (Lipinski definition) is 6. The minimum absolute atomic E-state index is 0.0325. The number of amides is 1. The van der Waals surface area contributed by atoms with Crippen LogP contribution in [0, 0.1) is 0 Å². The van der Waals surface area contributed by atoms with Gasteiger partial charge in [-0.15, -0.1) is 10.2 Å². The maximum absolute atomic E-state index is 13.8. The van der Waals surface area contributed by atoms with Crippen molar-refractivity contribution in [3.8, 4) is 17.2 Å². The first kappa shape index (κ1) is 27.5. The van der Waals surface area contributed by atoms with Crippen molar-refractivity contribution in [2.24, 2.45) is 0 Å². The van der Waals surface area contributed by atoms with Crippen molar-refractivity contribution in [2.45, 2.75) is 77.0 Å². The van der Waals surface area contributed by atoms with Crippen molar-refractivity contribution in [3.05, 3.63) is 72.1 Å². The molecule has 9 nitrogen and oxygen atoms in total. The molecule has 1 fully saturated rings. The molecule has 1 aliphatic heterocycles. The average Bonchev–Trinajstić information content (AvgIpc) is 3.46. The van der Waals surface area contributed by atoms with Gasteiger partial charge in [0.25, 0.3) is 5.91 Å². The van der Waals surface area contributed by atoms with E-state index in [-0.39, 0.29) is 17.0 Å². The molecule has 10 heteroatoms. The summed E-state index contributed by atoms with van der Waals surface area (Å²) in [6, 6.07) is 11.9. The van der Waals surface area contributed by atoms with Crippen molar-refractivity contribution >= 4 is 20.0 Å². The fourth-order valence-corrected chi connectivity index (χ4v) is 6.07. The molecule has 1 aromatic carbocycles. The van der Waals surface area contributed by atoms with E-state index < -0.39 is 8.32 Å². The molecule has 2 aliphatic rings. The second kappa shape index (κ2) is 10.3. The molecule has 0 bridgehead atoms. The maximum Gasteiger partial charge on any atom is 0.259 e. The van der Waals surface area contributed by atoms with Crippen LogP contribution in [0.15, 0.2) is 55.2 Å². The van der Waals surface area contributed by atoms with Gasteiger partial charge in [0, 0.05) is 29.9 Å². The monoisotopic (exact) mass is 569 g/mol. The number of rotatable bonds is 8. The number of imidazole rings is 1. The smallest absolute Gasteiger partial charge is 0.259 e. The highest BCUT2D eigenvalue weighted by atomic mass is 28.4. The SMILES string of the molecule is CC(CO[Si](C)(C)C(C)(C)C)n1cnnc1-c1cccc(N2CCc3ccc(-n4cnc(C5CC5)c4)cc3C2=O)n1. The lowest BCUT2D eigenvalue weighted by Crippen LogP contribution is -2.42. The van der Waals surface area contributed by atoms with Crippen molar-refractivity contribution in [3.63, 3.8) is 0 Å². The lowest BCUT2D eigenvalue weighted by Gasteiger charge is -2.37. The van der Waals surface area contributed by atoms with E-state index in [0.29, 0.717) is 42.0 Å². The summed E-state index contributed by atoms with van der Waals surface area (Å²) in [7, 11) is -1.89. The van der Waals surface area contributed by atoms with Crippen molar-refractivity contribution in [1.29, 1.82) is 0 Å². The Labute approximate surface area is 242 Å². The number of carbonyl (C=O) groups excluding carboxylic acids is 1. The highest BCUT2D eigenvalue weighted by molar-refractivity contribution is 6.74. The van der Waals surface area contributed by atoms with Gasteiger partial charge in [-0.2, -0.15) is 0 Å². The molecule has 0 N–H and O–H groups in total. The minimum Gasteiger partial charge on any atom is -0.415 e. The molecule has 1 amide bonds. The summed E-state index contributed by atoms with van der Waals surface area (Å²) in [6.07, 6.45) is 8.85. The number of aromatic nitrogens is 6. The van der Waals surface area contributed by atoms with Crippen LogP contribution >= 0.6 is 0 Å². The number of fused-ring (bicyclic) bond motifs is 1. The third-order valence-electron chi connectivity index (χ3n) is 8.85. The van der Waals surface area contributed by atoms with E-state index in [2.05, 4.69) is 74.3 Å². The van der Waals surface area contributed by atoms with E-state index in [1.165, 1.54) is 12.8 Å². The van der Waals surface area contributed by atoms with E-state index in [9.17, 15) is 4.79 Å². The number of benzene rings is 1. The van der Waals surface area contributed by atoms with Gasteiger partial charge in [-0.05, 0) is 74.1 Å². The number of pyridine rings is 1. The van der Waals surface area contributed by atoms with E-state index >= 15 is 0 Å². The molecule has 1 saturated carbocycles. The second-order valence-electron chi connectivity index (χ2n) is 12.9. The van der Waals surface area contributed by atoms with Gasteiger partial charge in [0.1, 0.15) is 17.8 Å². The summed E-state index contributed by atoms with van der Waals surface area (Å²) >= 11 is 0. The third-order valence-corrected chi connectivity index (χ3v) is 13.4. The Bertz CT molecular complexity index is 1580. The quantitative estimate of drug-likeness (QED) is 0.235. The molecule has 6 rings (SSSR count). The van der Waals surface area contributed by atoms with Crippen molar-refractivity contribution in [1.82, 2.24) is 29.3 Å². The van der Waals surface area contributed by atoms with Crippen LogP contribution in [0.4, 0.5) is 5.82 Å². The van der Waals surface area contributed by atoms with E-state index in [1.54, 1.807) is 11.2 Å². The largest absolute Gasteiger partial charge is 0.415 e. The summed E-state index contributed by atoms with van der Waals surface area (Å²) in [5, 5.41) is 8.73. The van der Waals surface area contributed by atoms with Crippen LogP contribution in [-0.4, -0.2) is 56.7 Å². The number of hydrogen-bond donors (Lipinski definition) is 0. The zero-order valence-electron chi connectivity index (χ0n) is 24.8. The Hall–Kier alpha value is -3.63. The molecular formula is C31H39N7O2Si. The fraction of sp³-hybridized carbons (Fsp3) is 0.452. The zero-order valence-corrected chi connectivity index (χ0v) is 25.8. The number of nitrogens with zero attached hydrogens (tertiary/aromatic N) is 7. The summed E-state index contributed by atoms with van der Waals surface area (Å²) in [5.74, 6) is 1.82. The van der Waals surface area contributed by atoms with E-state index in [4.69, 9.17) is 9.41 Å². The van der Waals surface area contributed by atoms with Crippen LogP contribution in [0.2, 0.25) is 18.1 Å². The van der Waals surface area contributed by atoms with Crippen molar-refractivity contribution in [2.75, 3.05) is 18.1 Å². The summed E-state index contributed by atoms with van der Waals surface area (Å²) < 4.78 is 10.5. The lowest BCUT2D eigenvalue weighted by molar-refractivity contribution is 0.0980. The molecule has 1 aliphatic carbocycles. The molecular weight excluding hydrogens is 530 g/mol. The first-order valence-corrected chi connectivity index (χ1v) is 17.4. The normalized spacial score (nSPS) is 16.6. The first-order chi connectivity index (χ1) is 19.5. The molecule has 1 atom stereocenters. The van der Waals surface area contributed by atoms with Gasteiger partial charge in [0.15, 0.2) is 14.1 Å². The minimum atomic E-state index is -1.89. The third kappa shape index (κ3) is 5.38. The van der Waals surface area contributed by atoms with Gasteiger partial charge in [0.2, 0.25) is 0 Å². The van der Waals surface area contributed by atoms with E-state index in [0.717, 1.165) is 23.4 Å². The second-order valence-corrected chi connectivity index (χ2v) is 17.7. The molecule has 214 valence electrons. The fourth-order valence-electron chi connectivity index (χ4n) is 4.98. The Kier molecular flexibility index (Phi) is 6.94. The lowest BCUT2D eigenvalue weighted by atomic mass is 9.98. The summed E-state index contributed by atoms with van der Waals surface area (Å²) in [5.41, 5.74) is 4.52. The predicted octanol–water partition coefficient (Wildman–Crippen LogP) is 6.19. The van der Waals surface area contributed by atoms with Crippen LogP contribution in [0.5, 0.6) is 0 Å². The van der Waals surface area contributed by atoms with Crippen LogP contribution in [0.1, 0.15) is 74.1 Å². The molecule has 1 unspecified atom stereocenters. The Morgan fingerprint density at radius 3 is 2.68 bits per heavy atom. The van der Waals surface area contributed by atoms with Crippen LogP contribution in [-0.2, 0) is 10.8 Å². The van der Waals surface area contributed by atoms with Gasteiger partial charge < -0.3 is 13.6 Å². The van der Waals surface area contributed by atoms with E-state index in [1.807, 2.05) is 39.7 Å². The molecule has 4 heterocycles. The zero-order chi connectivity index (χ0) is 28.9. The molecule has 0 radical (unpaired) electrons. The van der Waals surface area contributed by atoms with Gasteiger partial charge in [-0.25, -0.2) is 9.97 Å². The maximum atomic E-state index is 13.8. The van der Waals surface area contributed by atoms with Gasteiger partial charge in [0.05, 0.1) is 24.7 Å². The topological polar surface area (TPSA) is 91.0 Å². The van der Waals surface area contributed by atoms with Gasteiger partial charge in [-0.1, -0.05) is 32.9 Å².